The number of hydrogen-bond donors (Lipinski definition) is 0. The van der Waals surface area contributed by atoms with Crippen LogP contribution >= 0.6 is 0 Å². The lowest BCUT2D eigenvalue weighted by Gasteiger charge is -2.36. The highest BCUT2D eigenvalue weighted by Crippen LogP contribution is 2.31. The molecule has 0 unspecified atom stereocenters. The smallest absolute Gasteiger partial charge is 0.433 e. The predicted octanol–water partition coefficient (Wildman–Crippen LogP) is 1.96. The summed E-state index contributed by atoms with van der Waals surface area (Å²) in [5, 5.41) is -0.881. The molecule has 2 aliphatic heterocycles. The van der Waals surface area contributed by atoms with Crippen molar-refractivity contribution in [2.45, 2.75) is 56.7 Å². The number of ether oxygens (including phenoxy) is 2. The van der Waals surface area contributed by atoms with Crippen LogP contribution in [0.4, 0.5) is 23.8 Å². The van der Waals surface area contributed by atoms with Crippen LogP contribution < -0.4 is 4.90 Å². The van der Waals surface area contributed by atoms with E-state index >= 15 is 0 Å². The number of anilines is 1. The summed E-state index contributed by atoms with van der Waals surface area (Å²) in [7, 11) is -4.05. The van der Waals surface area contributed by atoms with Gasteiger partial charge in [-0.15, -0.1) is 0 Å². The number of nitrogens with zero attached hydrogens (tertiary/aromatic N) is 5. The number of sulfone groups is 1. The van der Waals surface area contributed by atoms with Gasteiger partial charge < -0.3 is 24.2 Å². The van der Waals surface area contributed by atoms with Crippen molar-refractivity contribution in [1.29, 1.82) is 0 Å². The van der Waals surface area contributed by atoms with Gasteiger partial charge in [-0.3, -0.25) is 4.79 Å². The summed E-state index contributed by atoms with van der Waals surface area (Å²) in [5.41, 5.74) is -1.92. The molecule has 0 radical (unpaired) electrons. The first kappa shape index (κ1) is 28.9. The van der Waals surface area contributed by atoms with Crippen LogP contribution in [0.5, 0.6) is 0 Å². The Bertz CT molecular complexity index is 1090. The highest BCUT2D eigenvalue weighted by atomic mass is 32.2. The van der Waals surface area contributed by atoms with Gasteiger partial charge >= 0.3 is 12.3 Å². The summed E-state index contributed by atoms with van der Waals surface area (Å²) in [6.45, 7) is 7.17. The van der Waals surface area contributed by atoms with Gasteiger partial charge in [0.1, 0.15) is 18.0 Å². The lowest BCUT2D eigenvalue weighted by Crippen LogP contribution is -2.52. The number of halogens is 3. The number of amides is 2. The molecule has 1 aromatic rings. The average Bonchev–Trinajstić information content (AvgIpc) is 2.80. The first-order valence-electron chi connectivity index (χ1n) is 11.8. The Morgan fingerprint density at radius 3 is 2.08 bits per heavy atom. The van der Waals surface area contributed by atoms with Gasteiger partial charge in [-0.05, 0) is 33.6 Å². The van der Waals surface area contributed by atoms with Gasteiger partial charge in [0.25, 0.3) is 0 Å². The van der Waals surface area contributed by atoms with Crippen molar-refractivity contribution in [3.8, 4) is 0 Å². The van der Waals surface area contributed by atoms with Crippen LogP contribution in [0.25, 0.3) is 0 Å². The van der Waals surface area contributed by atoms with Crippen molar-refractivity contribution in [3.63, 3.8) is 0 Å². The zero-order valence-corrected chi connectivity index (χ0v) is 22.1. The van der Waals surface area contributed by atoms with Crippen molar-refractivity contribution >= 4 is 27.7 Å². The van der Waals surface area contributed by atoms with Gasteiger partial charge in [-0.2, -0.15) is 13.2 Å². The molecule has 0 bridgehead atoms. The van der Waals surface area contributed by atoms with Gasteiger partial charge in [0, 0.05) is 51.6 Å². The fourth-order valence-electron chi connectivity index (χ4n) is 3.88. The van der Waals surface area contributed by atoms with Crippen LogP contribution in [0.1, 0.15) is 39.3 Å². The number of alkyl halides is 3. The molecule has 11 nitrogen and oxygen atoms in total. The summed E-state index contributed by atoms with van der Waals surface area (Å²) < 4.78 is 74.4. The molecule has 1 aromatic heterocycles. The second-order valence-corrected chi connectivity index (χ2v) is 11.9. The predicted molar refractivity (Wildman–Crippen MR) is 126 cm³/mol. The van der Waals surface area contributed by atoms with Crippen LogP contribution in [-0.2, 0) is 30.3 Å². The van der Waals surface area contributed by atoms with E-state index in [2.05, 4.69) is 9.97 Å². The number of piperidine rings is 1. The summed E-state index contributed by atoms with van der Waals surface area (Å²) in [6.07, 6.45) is -3.95. The third-order valence-corrected chi connectivity index (χ3v) is 6.65. The summed E-state index contributed by atoms with van der Waals surface area (Å²) in [5.74, 6) is -0.338. The number of piperazine rings is 1. The third kappa shape index (κ3) is 8.15. The summed E-state index contributed by atoms with van der Waals surface area (Å²) in [4.78, 5) is 36.4. The van der Waals surface area contributed by atoms with Crippen LogP contribution in [-0.4, -0.2) is 104 Å². The molecule has 0 N–H and O–H groups in total. The molecule has 3 rings (SSSR count). The minimum atomic E-state index is -4.82. The third-order valence-electron chi connectivity index (χ3n) is 5.81. The van der Waals surface area contributed by atoms with Gasteiger partial charge in [-0.25, -0.2) is 23.2 Å². The van der Waals surface area contributed by atoms with E-state index in [0.717, 1.165) is 12.3 Å². The molecular formula is C22H32F3N5O6S. The second kappa shape index (κ2) is 11.0. The van der Waals surface area contributed by atoms with Crippen molar-refractivity contribution in [3.05, 3.63) is 11.8 Å². The lowest BCUT2D eigenvalue weighted by atomic mass is 10.1. The van der Waals surface area contributed by atoms with Crippen molar-refractivity contribution in [2.75, 3.05) is 57.0 Å². The standard InChI is InChI=1S/C22H32F3N5O6S/c1-21(2,3)36-20(32)30-11-9-29(10-12-30)18(31)14-35-15-5-7-28(8-6-15)17-13-16(22(23,24)25)26-19(27-17)37(4,33)34/h13,15H,5-12,14H2,1-4H3. The molecule has 0 aromatic carbocycles. The number of carbonyl (C=O) groups is 2. The van der Waals surface area contributed by atoms with E-state index in [-0.39, 0.29) is 37.5 Å². The molecule has 0 atom stereocenters. The summed E-state index contributed by atoms with van der Waals surface area (Å²) >= 11 is 0. The molecule has 208 valence electrons. The maximum atomic E-state index is 13.2. The minimum absolute atomic E-state index is 0.125. The molecule has 2 amide bonds. The molecule has 3 heterocycles. The molecule has 2 saturated heterocycles. The van der Waals surface area contributed by atoms with Crippen molar-refractivity contribution in [1.82, 2.24) is 19.8 Å². The molecule has 37 heavy (non-hydrogen) atoms. The molecule has 15 heteroatoms. The van der Waals surface area contributed by atoms with E-state index in [1.54, 1.807) is 35.5 Å². The van der Waals surface area contributed by atoms with E-state index in [0.29, 0.717) is 39.0 Å². The average molecular weight is 552 g/mol. The van der Waals surface area contributed by atoms with E-state index < -0.39 is 38.6 Å². The fraction of sp³-hybridized carbons (Fsp3) is 0.727. The molecule has 0 saturated carbocycles. The maximum Gasteiger partial charge on any atom is 0.433 e. The van der Waals surface area contributed by atoms with Crippen LogP contribution in [0.3, 0.4) is 0 Å². The number of carbonyl (C=O) groups excluding carboxylic acids is 2. The van der Waals surface area contributed by atoms with E-state index in [1.807, 2.05) is 0 Å². The SMILES string of the molecule is CC(C)(C)OC(=O)N1CCN(C(=O)COC2CCN(c3cc(C(F)(F)F)nc(S(C)(=O)=O)n3)CC2)CC1. The number of hydrogen-bond acceptors (Lipinski definition) is 9. The largest absolute Gasteiger partial charge is 0.444 e. The van der Waals surface area contributed by atoms with Crippen molar-refractivity contribution in [2.24, 2.45) is 0 Å². The Kier molecular flexibility index (Phi) is 8.57. The Balaban J connectivity index is 1.49. The quantitative estimate of drug-likeness (QED) is 0.506. The lowest BCUT2D eigenvalue weighted by molar-refractivity contribution is -0.141. The molecule has 2 aliphatic rings. The Hall–Kier alpha value is -2.68. The fourth-order valence-corrected chi connectivity index (χ4v) is 4.41. The first-order chi connectivity index (χ1) is 17.0. The van der Waals surface area contributed by atoms with Crippen molar-refractivity contribution < 1.29 is 40.7 Å². The van der Waals surface area contributed by atoms with Gasteiger partial charge in [0.2, 0.25) is 20.9 Å². The minimum Gasteiger partial charge on any atom is -0.444 e. The van der Waals surface area contributed by atoms with E-state index in [9.17, 15) is 31.2 Å². The maximum absolute atomic E-state index is 13.2. The molecule has 0 spiro atoms. The Morgan fingerprint density at radius 2 is 1.57 bits per heavy atom. The monoisotopic (exact) mass is 551 g/mol. The highest BCUT2D eigenvalue weighted by molar-refractivity contribution is 7.90. The normalized spacial score (nSPS) is 18.2. The Morgan fingerprint density at radius 1 is 1.00 bits per heavy atom. The highest BCUT2D eigenvalue weighted by Gasteiger charge is 2.36. The zero-order valence-electron chi connectivity index (χ0n) is 21.2. The van der Waals surface area contributed by atoms with E-state index in [4.69, 9.17) is 9.47 Å². The number of aromatic nitrogens is 2. The van der Waals surface area contributed by atoms with Gasteiger partial charge in [0.15, 0.2) is 5.69 Å². The topological polar surface area (TPSA) is 122 Å². The molecular weight excluding hydrogens is 519 g/mol. The molecule has 2 fully saturated rings. The Labute approximate surface area is 213 Å². The van der Waals surface area contributed by atoms with Crippen LogP contribution in [0.15, 0.2) is 11.2 Å². The molecule has 0 aliphatic carbocycles. The second-order valence-electron chi connectivity index (χ2n) is 10.0. The van der Waals surface area contributed by atoms with Crippen LogP contribution in [0, 0.1) is 0 Å². The van der Waals surface area contributed by atoms with E-state index in [1.165, 1.54) is 0 Å². The zero-order chi connectivity index (χ0) is 27.6. The van der Waals surface area contributed by atoms with Gasteiger partial charge in [-0.1, -0.05) is 0 Å². The number of rotatable bonds is 5. The first-order valence-corrected chi connectivity index (χ1v) is 13.7. The summed E-state index contributed by atoms with van der Waals surface area (Å²) in [6, 6.07) is 0.732. The van der Waals surface area contributed by atoms with Crippen LogP contribution in [0.2, 0.25) is 0 Å². The van der Waals surface area contributed by atoms with Gasteiger partial charge in [0.05, 0.1) is 6.10 Å².